The first-order valence-corrected chi connectivity index (χ1v) is 10.4. The van der Waals surface area contributed by atoms with Crippen molar-refractivity contribution in [2.75, 3.05) is 11.9 Å². The number of nitrogens with one attached hydrogen (secondary N) is 1. The largest absolute Gasteiger partial charge is 0.356 e. The van der Waals surface area contributed by atoms with Crippen LogP contribution in [0.25, 0.3) is 0 Å². The van der Waals surface area contributed by atoms with Crippen molar-refractivity contribution >= 4 is 21.8 Å². The van der Waals surface area contributed by atoms with Crippen molar-refractivity contribution in [3.63, 3.8) is 0 Å². The van der Waals surface area contributed by atoms with Crippen molar-refractivity contribution in [2.45, 2.75) is 77.0 Å². The molecule has 0 rings (SSSR count). The highest BCUT2D eigenvalue weighted by atomic mass is 79.9. The fraction of sp³-hybridized carbons (Fsp3) is 0.750. The van der Waals surface area contributed by atoms with E-state index in [1.54, 1.807) is 0 Å². The third-order valence-electron chi connectivity index (χ3n) is 4.20. The van der Waals surface area contributed by atoms with Crippen molar-refractivity contribution in [3.05, 3.63) is 25.3 Å². The first kappa shape index (κ1) is 22.4. The minimum Gasteiger partial charge on any atom is -0.356 e. The Hall–Kier alpha value is -0.570. The predicted molar refractivity (Wildman–Crippen MR) is 106 cm³/mol. The van der Waals surface area contributed by atoms with Crippen LogP contribution >= 0.6 is 15.9 Å². The van der Waals surface area contributed by atoms with Crippen LogP contribution in [-0.2, 0) is 4.79 Å². The molecular weight excluding hydrogens is 350 g/mol. The number of hydrogen-bond donors (Lipinski definition) is 1. The zero-order valence-corrected chi connectivity index (χ0v) is 16.4. The van der Waals surface area contributed by atoms with Gasteiger partial charge in [0.05, 0.1) is 0 Å². The standard InChI is InChI=1S/C20H36BrNO/c1-3-5-7-8-9-13-19(14-10-11-17-21)15-12-16-20(23)22-18-6-4-2/h3-4,19H,1-2,5-18H2,(H,22,23). The topological polar surface area (TPSA) is 29.1 Å². The van der Waals surface area contributed by atoms with Crippen molar-refractivity contribution < 1.29 is 4.79 Å². The molecule has 3 heteroatoms. The Morgan fingerprint density at radius 2 is 1.57 bits per heavy atom. The number of carbonyl (C=O) groups excluding carboxylic acids is 1. The first-order valence-electron chi connectivity index (χ1n) is 9.29. The summed E-state index contributed by atoms with van der Waals surface area (Å²) in [6.45, 7) is 8.17. The van der Waals surface area contributed by atoms with Gasteiger partial charge in [0, 0.05) is 18.3 Å². The van der Waals surface area contributed by atoms with Gasteiger partial charge in [-0.2, -0.15) is 0 Å². The van der Waals surface area contributed by atoms with E-state index in [1.165, 1.54) is 51.4 Å². The van der Waals surface area contributed by atoms with Gasteiger partial charge in [0.2, 0.25) is 5.91 Å². The summed E-state index contributed by atoms with van der Waals surface area (Å²) in [5, 5.41) is 4.05. The predicted octanol–water partition coefficient (Wildman–Crippen LogP) is 6.17. The van der Waals surface area contributed by atoms with Gasteiger partial charge in [-0.1, -0.05) is 60.2 Å². The summed E-state index contributed by atoms with van der Waals surface area (Å²) in [5.41, 5.74) is 0. The highest BCUT2D eigenvalue weighted by molar-refractivity contribution is 9.09. The highest BCUT2D eigenvalue weighted by Crippen LogP contribution is 2.23. The van der Waals surface area contributed by atoms with Gasteiger partial charge in [-0.15, -0.1) is 13.2 Å². The van der Waals surface area contributed by atoms with Crippen LogP contribution in [0.5, 0.6) is 0 Å². The van der Waals surface area contributed by atoms with Crippen molar-refractivity contribution in [1.82, 2.24) is 5.32 Å². The van der Waals surface area contributed by atoms with Gasteiger partial charge in [0.25, 0.3) is 0 Å². The molecule has 1 amide bonds. The van der Waals surface area contributed by atoms with Gasteiger partial charge in [-0.25, -0.2) is 0 Å². The van der Waals surface area contributed by atoms with E-state index in [9.17, 15) is 4.79 Å². The van der Waals surface area contributed by atoms with Crippen LogP contribution in [0.4, 0.5) is 0 Å². The molecule has 1 unspecified atom stereocenters. The first-order chi connectivity index (χ1) is 11.2. The molecule has 0 aliphatic carbocycles. The van der Waals surface area contributed by atoms with Crippen molar-refractivity contribution in [1.29, 1.82) is 0 Å². The second-order valence-corrected chi connectivity index (χ2v) is 7.09. The Morgan fingerprint density at radius 1 is 0.913 bits per heavy atom. The zero-order chi connectivity index (χ0) is 17.2. The molecule has 0 saturated carbocycles. The Kier molecular flexibility index (Phi) is 17.3. The summed E-state index contributed by atoms with van der Waals surface area (Å²) in [6.07, 6.45) is 17.8. The van der Waals surface area contributed by atoms with Crippen LogP contribution in [-0.4, -0.2) is 17.8 Å². The number of carbonyl (C=O) groups is 1. The Morgan fingerprint density at radius 3 is 2.22 bits per heavy atom. The molecule has 0 aromatic rings. The number of halogens is 1. The SMILES string of the molecule is C=CCCCCCC(CCCCBr)CCCC(=O)NCCC=C. The van der Waals surface area contributed by atoms with E-state index in [2.05, 4.69) is 34.4 Å². The fourth-order valence-corrected chi connectivity index (χ4v) is 3.21. The van der Waals surface area contributed by atoms with Gasteiger partial charge >= 0.3 is 0 Å². The second kappa shape index (κ2) is 17.8. The molecule has 1 atom stereocenters. The molecule has 0 aliphatic rings. The van der Waals surface area contributed by atoms with E-state index in [4.69, 9.17) is 0 Å². The number of unbranched alkanes of at least 4 members (excludes halogenated alkanes) is 4. The van der Waals surface area contributed by atoms with Gasteiger partial charge in [-0.05, 0) is 44.4 Å². The summed E-state index contributed by atoms with van der Waals surface area (Å²) in [6, 6.07) is 0. The molecule has 0 heterocycles. The van der Waals surface area contributed by atoms with Crippen LogP contribution < -0.4 is 5.32 Å². The molecule has 134 valence electrons. The summed E-state index contributed by atoms with van der Waals surface area (Å²) in [4.78, 5) is 11.7. The molecule has 0 fully saturated rings. The van der Waals surface area contributed by atoms with Crippen molar-refractivity contribution in [2.24, 2.45) is 5.92 Å². The average Bonchev–Trinajstić information content (AvgIpc) is 2.54. The van der Waals surface area contributed by atoms with Gasteiger partial charge < -0.3 is 5.32 Å². The number of allylic oxidation sites excluding steroid dienone is 1. The minimum atomic E-state index is 0.192. The molecule has 1 N–H and O–H groups in total. The summed E-state index contributed by atoms with van der Waals surface area (Å²) < 4.78 is 0. The van der Waals surface area contributed by atoms with Gasteiger partial charge in [0.15, 0.2) is 0 Å². The number of hydrogen-bond acceptors (Lipinski definition) is 1. The molecule has 0 aromatic heterocycles. The maximum absolute atomic E-state index is 11.7. The quantitative estimate of drug-likeness (QED) is 0.181. The van der Waals surface area contributed by atoms with Gasteiger partial charge in [0.1, 0.15) is 0 Å². The lowest BCUT2D eigenvalue weighted by atomic mass is 9.90. The van der Waals surface area contributed by atoms with E-state index in [1.807, 2.05) is 12.2 Å². The van der Waals surface area contributed by atoms with E-state index in [0.717, 1.165) is 37.1 Å². The summed E-state index contributed by atoms with van der Waals surface area (Å²) >= 11 is 3.51. The fourth-order valence-electron chi connectivity index (χ4n) is 2.81. The molecule has 0 aliphatic heterocycles. The maximum Gasteiger partial charge on any atom is 0.220 e. The van der Waals surface area contributed by atoms with Crippen molar-refractivity contribution in [3.8, 4) is 0 Å². The van der Waals surface area contributed by atoms with Crippen LogP contribution in [0.3, 0.4) is 0 Å². The van der Waals surface area contributed by atoms with Crippen LogP contribution in [0.2, 0.25) is 0 Å². The van der Waals surface area contributed by atoms with E-state index >= 15 is 0 Å². The molecule has 2 nitrogen and oxygen atoms in total. The van der Waals surface area contributed by atoms with Crippen LogP contribution in [0, 0.1) is 5.92 Å². The molecule has 0 aromatic carbocycles. The number of alkyl halides is 1. The molecule has 0 radical (unpaired) electrons. The van der Waals surface area contributed by atoms with Crippen LogP contribution in [0.15, 0.2) is 25.3 Å². The Balaban J connectivity index is 3.87. The second-order valence-electron chi connectivity index (χ2n) is 6.30. The number of amides is 1. The van der Waals surface area contributed by atoms with Gasteiger partial charge in [-0.3, -0.25) is 4.79 Å². The van der Waals surface area contributed by atoms with E-state index < -0.39 is 0 Å². The minimum absolute atomic E-state index is 0.192. The third-order valence-corrected chi connectivity index (χ3v) is 4.76. The Labute approximate surface area is 152 Å². The maximum atomic E-state index is 11.7. The monoisotopic (exact) mass is 385 g/mol. The summed E-state index contributed by atoms with van der Waals surface area (Å²) in [5.74, 6) is 0.982. The Bertz CT molecular complexity index is 304. The highest BCUT2D eigenvalue weighted by Gasteiger charge is 2.10. The molecule has 0 saturated heterocycles. The molecule has 0 spiro atoms. The molecule has 23 heavy (non-hydrogen) atoms. The third kappa shape index (κ3) is 16.1. The van der Waals surface area contributed by atoms with E-state index in [0.29, 0.717) is 6.42 Å². The number of rotatable bonds is 17. The average molecular weight is 386 g/mol. The molecular formula is C20H36BrNO. The lowest BCUT2D eigenvalue weighted by Gasteiger charge is -2.16. The summed E-state index contributed by atoms with van der Waals surface area (Å²) in [7, 11) is 0. The lowest BCUT2D eigenvalue weighted by molar-refractivity contribution is -0.121. The zero-order valence-electron chi connectivity index (χ0n) is 14.8. The lowest BCUT2D eigenvalue weighted by Crippen LogP contribution is -2.23. The smallest absolute Gasteiger partial charge is 0.220 e. The van der Waals surface area contributed by atoms with Crippen LogP contribution in [0.1, 0.15) is 77.0 Å². The normalized spacial score (nSPS) is 11.9. The van der Waals surface area contributed by atoms with E-state index in [-0.39, 0.29) is 5.91 Å². The molecule has 0 bridgehead atoms.